The molecule has 1 aliphatic heterocycles. The van der Waals surface area contributed by atoms with Crippen LogP contribution in [0.4, 0.5) is 4.39 Å². The van der Waals surface area contributed by atoms with Gasteiger partial charge in [0.15, 0.2) is 0 Å². The van der Waals surface area contributed by atoms with Crippen LogP contribution >= 0.6 is 0 Å². The third kappa shape index (κ3) is 4.24. The average molecular weight is 395 g/mol. The van der Waals surface area contributed by atoms with Crippen molar-refractivity contribution in [2.24, 2.45) is 0 Å². The molecule has 4 nitrogen and oxygen atoms in total. The summed E-state index contributed by atoms with van der Waals surface area (Å²) >= 11 is 0. The SMILES string of the molecule is CCCCCCN1C(=O)C(=O)/C(=C(\O)c2ccc(C)cc2)C1c1ccccc1F. The number of halogens is 1. The fourth-order valence-corrected chi connectivity index (χ4v) is 3.71. The van der Waals surface area contributed by atoms with E-state index in [1.807, 2.05) is 19.1 Å². The lowest BCUT2D eigenvalue weighted by Crippen LogP contribution is -2.31. The molecule has 1 aliphatic rings. The van der Waals surface area contributed by atoms with Crippen LogP contribution in [0.5, 0.6) is 0 Å². The molecule has 0 spiro atoms. The number of nitrogens with zero attached hydrogens (tertiary/aromatic N) is 1. The third-order valence-electron chi connectivity index (χ3n) is 5.32. The number of carbonyl (C=O) groups excluding carboxylic acids is 2. The van der Waals surface area contributed by atoms with Crippen LogP contribution in [0.2, 0.25) is 0 Å². The molecule has 0 bridgehead atoms. The topological polar surface area (TPSA) is 57.6 Å². The van der Waals surface area contributed by atoms with Crippen LogP contribution in [0, 0.1) is 12.7 Å². The molecule has 1 amide bonds. The number of amides is 1. The van der Waals surface area contributed by atoms with Gasteiger partial charge >= 0.3 is 0 Å². The second-order valence-electron chi connectivity index (χ2n) is 7.44. The van der Waals surface area contributed by atoms with Crippen LogP contribution in [-0.4, -0.2) is 28.2 Å². The van der Waals surface area contributed by atoms with E-state index in [2.05, 4.69) is 6.92 Å². The molecule has 2 aromatic carbocycles. The summed E-state index contributed by atoms with van der Waals surface area (Å²) in [5.41, 5.74) is 1.60. The van der Waals surface area contributed by atoms with Gasteiger partial charge in [-0.05, 0) is 19.4 Å². The molecule has 0 aliphatic carbocycles. The van der Waals surface area contributed by atoms with Gasteiger partial charge in [-0.2, -0.15) is 0 Å². The fourth-order valence-electron chi connectivity index (χ4n) is 3.71. The number of ketones is 1. The van der Waals surface area contributed by atoms with Crippen LogP contribution in [-0.2, 0) is 9.59 Å². The van der Waals surface area contributed by atoms with Gasteiger partial charge in [0.2, 0.25) is 0 Å². The Morgan fingerprint density at radius 1 is 1.03 bits per heavy atom. The quantitative estimate of drug-likeness (QED) is 0.306. The van der Waals surface area contributed by atoms with E-state index in [-0.39, 0.29) is 16.9 Å². The van der Waals surface area contributed by atoms with Crippen molar-refractivity contribution in [1.82, 2.24) is 4.90 Å². The predicted molar refractivity (Wildman–Crippen MR) is 111 cm³/mol. The molecule has 1 heterocycles. The molecule has 1 saturated heterocycles. The van der Waals surface area contributed by atoms with Gasteiger partial charge in [-0.25, -0.2) is 4.39 Å². The average Bonchev–Trinajstić information content (AvgIpc) is 2.96. The maximum absolute atomic E-state index is 14.7. The number of aliphatic hydroxyl groups excluding tert-OH is 1. The maximum atomic E-state index is 14.7. The van der Waals surface area contributed by atoms with Gasteiger partial charge in [0.25, 0.3) is 11.7 Å². The fraction of sp³-hybridized carbons (Fsp3) is 0.333. The smallest absolute Gasteiger partial charge is 0.295 e. The van der Waals surface area contributed by atoms with Crippen LogP contribution in [0.1, 0.15) is 55.3 Å². The van der Waals surface area contributed by atoms with Crippen molar-refractivity contribution in [1.29, 1.82) is 0 Å². The standard InChI is InChI=1S/C24H26FNO3/c1-3-4-5-8-15-26-21(18-9-6-7-10-19(18)25)20(23(28)24(26)29)22(27)17-13-11-16(2)12-14-17/h6-7,9-14,21,27H,3-5,8,15H2,1-2H3/b22-20-. The number of carbonyl (C=O) groups is 2. The lowest BCUT2D eigenvalue weighted by molar-refractivity contribution is -0.140. The first kappa shape index (κ1) is 20.8. The molecule has 1 fully saturated rings. The minimum Gasteiger partial charge on any atom is -0.507 e. The number of likely N-dealkylation sites (tertiary alicyclic amines) is 1. The third-order valence-corrected chi connectivity index (χ3v) is 5.32. The number of aryl methyl sites for hydroxylation is 1. The van der Waals surface area contributed by atoms with E-state index in [0.29, 0.717) is 12.1 Å². The monoisotopic (exact) mass is 395 g/mol. The Hall–Kier alpha value is -2.95. The molecular weight excluding hydrogens is 369 g/mol. The zero-order valence-corrected chi connectivity index (χ0v) is 16.8. The van der Waals surface area contributed by atoms with Crippen LogP contribution < -0.4 is 0 Å². The molecule has 0 saturated carbocycles. The van der Waals surface area contributed by atoms with Crippen molar-refractivity contribution in [3.8, 4) is 0 Å². The normalized spacial score (nSPS) is 18.4. The summed E-state index contributed by atoms with van der Waals surface area (Å²) in [5, 5.41) is 10.9. The summed E-state index contributed by atoms with van der Waals surface area (Å²) in [6, 6.07) is 12.2. The maximum Gasteiger partial charge on any atom is 0.295 e. The lowest BCUT2D eigenvalue weighted by atomic mass is 9.94. The molecule has 3 rings (SSSR count). The summed E-state index contributed by atoms with van der Waals surface area (Å²) in [7, 11) is 0. The zero-order valence-electron chi connectivity index (χ0n) is 16.8. The summed E-state index contributed by atoms with van der Waals surface area (Å²) in [6.45, 7) is 4.35. The van der Waals surface area contributed by atoms with Gasteiger partial charge in [-0.1, -0.05) is 74.2 Å². The van der Waals surface area contributed by atoms with Crippen LogP contribution in [0.25, 0.3) is 5.76 Å². The van der Waals surface area contributed by atoms with Crippen molar-refractivity contribution >= 4 is 17.4 Å². The number of hydrogen-bond acceptors (Lipinski definition) is 3. The van der Waals surface area contributed by atoms with E-state index in [9.17, 15) is 19.1 Å². The first-order valence-electron chi connectivity index (χ1n) is 10.1. The second kappa shape index (κ2) is 9.03. The van der Waals surface area contributed by atoms with E-state index in [4.69, 9.17) is 0 Å². The Kier molecular flexibility index (Phi) is 6.47. The molecule has 5 heteroatoms. The summed E-state index contributed by atoms with van der Waals surface area (Å²) in [6.07, 6.45) is 3.71. The molecule has 152 valence electrons. The van der Waals surface area contributed by atoms with Crippen LogP contribution in [0.15, 0.2) is 54.1 Å². The largest absolute Gasteiger partial charge is 0.507 e. The number of hydrogen-bond donors (Lipinski definition) is 1. The molecule has 2 aromatic rings. The number of unbranched alkanes of at least 4 members (excludes halogenated alkanes) is 3. The van der Waals surface area contributed by atoms with Crippen molar-refractivity contribution in [2.45, 2.75) is 45.6 Å². The minimum absolute atomic E-state index is 0.0561. The zero-order chi connectivity index (χ0) is 21.0. The first-order valence-corrected chi connectivity index (χ1v) is 10.1. The molecular formula is C24H26FNO3. The molecule has 0 aromatic heterocycles. The summed E-state index contributed by atoms with van der Waals surface area (Å²) in [5.74, 6) is -2.24. The van der Waals surface area contributed by atoms with Gasteiger partial charge in [0.05, 0.1) is 11.6 Å². The molecule has 1 unspecified atom stereocenters. The van der Waals surface area contributed by atoms with E-state index >= 15 is 0 Å². The first-order chi connectivity index (χ1) is 14.0. The Labute approximate surface area is 170 Å². The predicted octanol–water partition coefficient (Wildman–Crippen LogP) is 5.14. The minimum atomic E-state index is -0.931. The number of Topliss-reactive ketones (excluding diaryl/α,β-unsaturated/α-hetero) is 1. The highest BCUT2D eigenvalue weighted by Gasteiger charge is 2.46. The molecule has 0 radical (unpaired) electrons. The Morgan fingerprint density at radius 3 is 2.38 bits per heavy atom. The highest BCUT2D eigenvalue weighted by Crippen LogP contribution is 2.40. The summed E-state index contributed by atoms with van der Waals surface area (Å²) < 4.78 is 14.7. The van der Waals surface area contributed by atoms with Gasteiger partial charge in [0.1, 0.15) is 11.6 Å². The van der Waals surface area contributed by atoms with E-state index in [1.165, 1.54) is 11.0 Å². The van der Waals surface area contributed by atoms with Gasteiger partial charge in [0, 0.05) is 17.7 Å². The Balaban J connectivity index is 2.08. The Morgan fingerprint density at radius 2 is 1.72 bits per heavy atom. The van der Waals surface area contributed by atoms with Gasteiger partial charge < -0.3 is 10.0 Å². The van der Waals surface area contributed by atoms with Crippen molar-refractivity contribution in [2.75, 3.05) is 6.54 Å². The second-order valence-corrected chi connectivity index (χ2v) is 7.44. The van der Waals surface area contributed by atoms with Gasteiger partial charge in [-0.15, -0.1) is 0 Å². The van der Waals surface area contributed by atoms with E-state index in [1.54, 1.807) is 30.3 Å². The van der Waals surface area contributed by atoms with Crippen molar-refractivity contribution in [3.63, 3.8) is 0 Å². The number of rotatable bonds is 7. The van der Waals surface area contributed by atoms with Gasteiger partial charge in [-0.3, -0.25) is 9.59 Å². The van der Waals surface area contributed by atoms with Crippen LogP contribution in [0.3, 0.4) is 0 Å². The number of benzene rings is 2. The highest BCUT2D eigenvalue weighted by atomic mass is 19.1. The lowest BCUT2D eigenvalue weighted by Gasteiger charge is -2.25. The molecule has 1 N–H and O–H groups in total. The number of aliphatic hydroxyl groups is 1. The summed E-state index contributed by atoms with van der Waals surface area (Å²) in [4.78, 5) is 27.0. The van der Waals surface area contributed by atoms with E-state index < -0.39 is 23.5 Å². The Bertz CT molecular complexity index is 933. The molecule has 29 heavy (non-hydrogen) atoms. The van der Waals surface area contributed by atoms with Crippen molar-refractivity contribution in [3.05, 3.63) is 76.6 Å². The highest BCUT2D eigenvalue weighted by molar-refractivity contribution is 6.46. The van der Waals surface area contributed by atoms with Crippen molar-refractivity contribution < 1.29 is 19.1 Å². The molecule has 1 atom stereocenters. The van der Waals surface area contributed by atoms with E-state index in [0.717, 1.165) is 31.2 Å².